The van der Waals surface area contributed by atoms with Gasteiger partial charge in [-0.25, -0.2) is 4.98 Å². The Balaban J connectivity index is 0.00000480. The second-order valence-electron chi connectivity index (χ2n) is 17.6. The van der Waals surface area contributed by atoms with Crippen molar-refractivity contribution in [3.63, 3.8) is 0 Å². The van der Waals surface area contributed by atoms with Crippen LogP contribution >= 0.6 is 0 Å². The van der Waals surface area contributed by atoms with Crippen LogP contribution in [0.1, 0.15) is 79.0 Å². The minimum absolute atomic E-state index is 0. The SMILES string of the molecule is CC(C)(C)c1ccnc(-n2c3[c-]c(Oc4[c-]c(N5C=CN(c6cc(C(C)(C)C)cc(C(C)(C)C)c6-c6ccccc6)[CH-]5)ccc4)ccc3c3ccccc32)c1.[Pt]. The van der Waals surface area contributed by atoms with Gasteiger partial charge in [0.1, 0.15) is 5.82 Å². The molecule has 0 N–H and O–H groups in total. The van der Waals surface area contributed by atoms with Crippen LogP contribution in [0.15, 0.2) is 128 Å². The fraction of sp³-hybridized carbons (Fsp3) is 0.240. The minimum Gasteiger partial charge on any atom is -0.509 e. The average molecular weight is 917 g/mol. The summed E-state index contributed by atoms with van der Waals surface area (Å²) in [5.74, 6) is 2.08. The molecule has 0 fully saturated rings. The molecule has 0 spiro atoms. The summed E-state index contributed by atoms with van der Waals surface area (Å²) in [5.41, 5.74) is 10.2. The smallest absolute Gasteiger partial charge is 0.135 e. The molecule has 0 amide bonds. The zero-order valence-electron chi connectivity index (χ0n) is 33.7. The maximum atomic E-state index is 6.52. The van der Waals surface area contributed by atoms with Gasteiger partial charge in [0, 0.05) is 55.5 Å². The van der Waals surface area contributed by atoms with Crippen LogP contribution in [0.25, 0.3) is 38.8 Å². The van der Waals surface area contributed by atoms with E-state index in [2.05, 4.69) is 199 Å². The normalized spacial score (nSPS) is 13.4. The van der Waals surface area contributed by atoms with Gasteiger partial charge in [0.05, 0.1) is 0 Å². The molecule has 8 rings (SSSR count). The van der Waals surface area contributed by atoms with Gasteiger partial charge in [-0.1, -0.05) is 122 Å². The minimum atomic E-state index is -0.0644. The van der Waals surface area contributed by atoms with Crippen LogP contribution in [-0.4, -0.2) is 9.55 Å². The molecule has 1 aliphatic heterocycles. The van der Waals surface area contributed by atoms with Crippen LogP contribution in [-0.2, 0) is 37.3 Å². The Labute approximate surface area is 346 Å². The number of fused-ring (bicyclic) bond motifs is 3. The summed E-state index contributed by atoms with van der Waals surface area (Å²) in [6, 6.07) is 45.5. The van der Waals surface area contributed by atoms with Crippen molar-refractivity contribution >= 4 is 33.2 Å². The third-order valence-electron chi connectivity index (χ3n) is 10.4. The Bertz CT molecular complexity index is 2570. The zero-order chi connectivity index (χ0) is 38.7. The molecule has 5 aromatic carbocycles. The molecule has 0 saturated carbocycles. The summed E-state index contributed by atoms with van der Waals surface area (Å²) in [6.45, 7) is 22.6. The van der Waals surface area contributed by atoms with Crippen molar-refractivity contribution in [3.05, 3.63) is 163 Å². The standard InChI is InChI=1S/C50H49N4O.Pt/c1-48(2,3)35-24-25-51-46(30-35)54-43-21-14-13-20-40(43)41-23-22-39(32-44(41)54)55-38-19-15-18-37(31-38)52-26-27-53(33-52)45-29-36(49(4,5)6)28-42(50(7,8)9)47(45)34-16-11-10-12-17-34;/h10-30,33H,1-9H3;/q-3;. The molecule has 1 aliphatic rings. The van der Waals surface area contributed by atoms with E-state index in [4.69, 9.17) is 9.72 Å². The third-order valence-corrected chi connectivity index (χ3v) is 10.4. The fourth-order valence-corrected chi connectivity index (χ4v) is 7.35. The van der Waals surface area contributed by atoms with E-state index >= 15 is 0 Å². The van der Waals surface area contributed by atoms with Crippen LogP contribution in [0, 0.1) is 18.8 Å². The first kappa shape index (κ1) is 39.1. The average Bonchev–Trinajstić information content (AvgIpc) is 3.77. The Morgan fingerprint density at radius 3 is 2.04 bits per heavy atom. The Kier molecular flexibility index (Phi) is 10.3. The number of para-hydroxylation sites is 1. The van der Waals surface area contributed by atoms with Gasteiger partial charge in [-0.15, -0.1) is 48.1 Å². The monoisotopic (exact) mass is 916 g/mol. The van der Waals surface area contributed by atoms with Gasteiger partial charge < -0.3 is 19.1 Å². The Hall–Kier alpha value is -5.12. The number of anilines is 2. The van der Waals surface area contributed by atoms with Crippen molar-refractivity contribution in [1.82, 2.24) is 9.55 Å². The van der Waals surface area contributed by atoms with Gasteiger partial charge in [0.25, 0.3) is 0 Å². The van der Waals surface area contributed by atoms with E-state index in [1.54, 1.807) is 0 Å². The molecule has 288 valence electrons. The molecule has 2 aromatic heterocycles. The second kappa shape index (κ2) is 14.8. The van der Waals surface area contributed by atoms with E-state index in [-0.39, 0.29) is 37.3 Å². The van der Waals surface area contributed by atoms with Crippen LogP contribution in [0.2, 0.25) is 0 Å². The van der Waals surface area contributed by atoms with Crippen molar-refractivity contribution in [3.8, 4) is 28.4 Å². The number of rotatable bonds is 6. The molecule has 0 unspecified atom stereocenters. The molecule has 0 radical (unpaired) electrons. The van der Waals surface area contributed by atoms with Crippen LogP contribution in [0.5, 0.6) is 11.5 Å². The number of pyridine rings is 1. The first-order valence-electron chi connectivity index (χ1n) is 19.1. The number of aromatic nitrogens is 2. The summed E-state index contributed by atoms with van der Waals surface area (Å²) in [6.07, 6.45) is 6.11. The summed E-state index contributed by atoms with van der Waals surface area (Å²) in [5, 5.41) is 2.25. The van der Waals surface area contributed by atoms with Crippen molar-refractivity contribution in [2.24, 2.45) is 0 Å². The fourth-order valence-electron chi connectivity index (χ4n) is 7.35. The third kappa shape index (κ3) is 7.54. The van der Waals surface area contributed by atoms with E-state index in [1.807, 2.05) is 24.4 Å². The summed E-state index contributed by atoms with van der Waals surface area (Å²) in [4.78, 5) is 9.16. The molecule has 0 saturated heterocycles. The molecular formula is C50H49N4OPt-3. The second-order valence-corrected chi connectivity index (χ2v) is 17.6. The molecule has 0 aliphatic carbocycles. The molecule has 6 heteroatoms. The van der Waals surface area contributed by atoms with Crippen LogP contribution in [0.3, 0.4) is 0 Å². The topological polar surface area (TPSA) is 33.5 Å². The molecular weight excluding hydrogens is 868 g/mol. The van der Waals surface area contributed by atoms with Crippen molar-refractivity contribution < 1.29 is 25.8 Å². The number of ether oxygens (including phenoxy) is 1. The Morgan fingerprint density at radius 1 is 0.607 bits per heavy atom. The first-order valence-corrected chi connectivity index (χ1v) is 19.1. The van der Waals surface area contributed by atoms with Gasteiger partial charge in [0.15, 0.2) is 0 Å². The van der Waals surface area contributed by atoms with E-state index < -0.39 is 0 Å². The quantitative estimate of drug-likeness (QED) is 0.156. The van der Waals surface area contributed by atoms with Gasteiger partial charge in [0.2, 0.25) is 0 Å². The van der Waals surface area contributed by atoms with Crippen LogP contribution in [0.4, 0.5) is 11.4 Å². The van der Waals surface area contributed by atoms with Crippen LogP contribution < -0.4 is 14.5 Å². The van der Waals surface area contributed by atoms with Gasteiger partial charge in [-0.2, -0.15) is 12.1 Å². The molecule has 3 heterocycles. The number of hydrogen-bond acceptors (Lipinski definition) is 4. The predicted octanol–water partition coefficient (Wildman–Crippen LogP) is 13.0. The zero-order valence-corrected chi connectivity index (χ0v) is 36.0. The molecule has 0 atom stereocenters. The van der Waals surface area contributed by atoms with Gasteiger partial charge >= 0.3 is 0 Å². The molecule has 5 nitrogen and oxygen atoms in total. The van der Waals surface area contributed by atoms with Crippen molar-refractivity contribution in [2.45, 2.75) is 78.6 Å². The molecule has 0 bridgehead atoms. The largest absolute Gasteiger partial charge is 0.509 e. The number of benzene rings is 5. The Morgan fingerprint density at radius 2 is 1.30 bits per heavy atom. The van der Waals surface area contributed by atoms with E-state index in [0.717, 1.165) is 39.0 Å². The molecule has 56 heavy (non-hydrogen) atoms. The maximum Gasteiger partial charge on any atom is 0.135 e. The van der Waals surface area contributed by atoms with E-state index in [9.17, 15) is 0 Å². The van der Waals surface area contributed by atoms with Crippen molar-refractivity contribution in [2.75, 3.05) is 9.80 Å². The summed E-state index contributed by atoms with van der Waals surface area (Å²) < 4.78 is 8.71. The number of hydrogen-bond donors (Lipinski definition) is 0. The van der Waals surface area contributed by atoms with E-state index in [0.29, 0.717) is 11.5 Å². The summed E-state index contributed by atoms with van der Waals surface area (Å²) >= 11 is 0. The summed E-state index contributed by atoms with van der Waals surface area (Å²) in [7, 11) is 0. The van der Waals surface area contributed by atoms with Gasteiger partial charge in [-0.05, 0) is 80.6 Å². The number of nitrogens with zero attached hydrogens (tertiary/aromatic N) is 4. The van der Waals surface area contributed by atoms with Crippen molar-refractivity contribution in [1.29, 1.82) is 0 Å². The predicted molar refractivity (Wildman–Crippen MR) is 229 cm³/mol. The maximum absolute atomic E-state index is 6.52. The first-order chi connectivity index (χ1) is 26.1. The van der Waals surface area contributed by atoms with Gasteiger partial charge in [-0.3, -0.25) is 0 Å². The molecule has 7 aromatic rings. The van der Waals surface area contributed by atoms with E-state index in [1.165, 1.54) is 27.8 Å².